The van der Waals surface area contributed by atoms with Crippen molar-refractivity contribution in [3.8, 4) is 5.75 Å². The molecule has 0 radical (unpaired) electrons. The Bertz CT molecular complexity index is 608. The standard InChI is InChI=1S/C16H17NO3/c1-11(2)12-5-3-7-14(9-12)20-10-13-6-4-8-15(17-13)16(18)19/h3-9,11H,10H2,1-2H3,(H,18,19). The van der Waals surface area contributed by atoms with Crippen molar-refractivity contribution in [2.24, 2.45) is 0 Å². The Morgan fingerprint density at radius 1 is 1.25 bits per heavy atom. The Labute approximate surface area is 118 Å². The van der Waals surface area contributed by atoms with Crippen molar-refractivity contribution in [1.82, 2.24) is 4.98 Å². The smallest absolute Gasteiger partial charge is 0.354 e. The lowest BCUT2D eigenvalue weighted by Gasteiger charge is -2.10. The first-order valence-electron chi connectivity index (χ1n) is 6.48. The fraction of sp³-hybridized carbons (Fsp3) is 0.250. The molecule has 0 fully saturated rings. The molecular formula is C16H17NO3. The van der Waals surface area contributed by atoms with E-state index in [0.29, 0.717) is 11.6 Å². The largest absolute Gasteiger partial charge is 0.487 e. The summed E-state index contributed by atoms with van der Waals surface area (Å²) >= 11 is 0. The average Bonchev–Trinajstić information content (AvgIpc) is 2.45. The van der Waals surface area contributed by atoms with Crippen LogP contribution in [0.5, 0.6) is 5.75 Å². The highest BCUT2D eigenvalue weighted by Crippen LogP contribution is 2.20. The highest BCUT2D eigenvalue weighted by atomic mass is 16.5. The molecule has 2 rings (SSSR count). The third-order valence-electron chi connectivity index (χ3n) is 2.94. The fourth-order valence-corrected chi connectivity index (χ4v) is 1.80. The highest BCUT2D eigenvalue weighted by Gasteiger charge is 2.06. The maximum Gasteiger partial charge on any atom is 0.354 e. The van der Waals surface area contributed by atoms with Crippen LogP contribution in [0.4, 0.5) is 0 Å². The van der Waals surface area contributed by atoms with Gasteiger partial charge in [-0.25, -0.2) is 9.78 Å². The Hall–Kier alpha value is -2.36. The molecule has 2 aromatic rings. The van der Waals surface area contributed by atoms with Gasteiger partial charge in [-0.05, 0) is 35.7 Å². The summed E-state index contributed by atoms with van der Waals surface area (Å²) in [5.41, 5.74) is 1.83. The number of aromatic carboxylic acids is 1. The number of carboxylic acid groups (broad SMARTS) is 1. The third kappa shape index (κ3) is 3.57. The first kappa shape index (κ1) is 14.1. The monoisotopic (exact) mass is 271 g/mol. The van der Waals surface area contributed by atoms with E-state index >= 15 is 0 Å². The summed E-state index contributed by atoms with van der Waals surface area (Å²) in [6.45, 7) is 4.50. The van der Waals surface area contributed by atoms with E-state index in [9.17, 15) is 4.79 Å². The summed E-state index contributed by atoms with van der Waals surface area (Å²) in [6, 6.07) is 12.8. The Morgan fingerprint density at radius 3 is 2.70 bits per heavy atom. The zero-order valence-electron chi connectivity index (χ0n) is 11.5. The molecule has 0 aliphatic carbocycles. The van der Waals surface area contributed by atoms with Crippen LogP contribution < -0.4 is 4.74 Å². The lowest BCUT2D eigenvalue weighted by atomic mass is 10.0. The second-order valence-electron chi connectivity index (χ2n) is 4.84. The van der Waals surface area contributed by atoms with Gasteiger partial charge >= 0.3 is 5.97 Å². The second kappa shape index (κ2) is 6.19. The van der Waals surface area contributed by atoms with E-state index in [2.05, 4.69) is 24.9 Å². The van der Waals surface area contributed by atoms with Crippen LogP contribution in [0.3, 0.4) is 0 Å². The topological polar surface area (TPSA) is 59.4 Å². The maximum absolute atomic E-state index is 10.8. The molecule has 0 aliphatic rings. The summed E-state index contributed by atoms with van der Waals surface area (Å²) < 4.78 is 5.66. The number of carboxylic acids is 1. The molecule has 1 heterocycles. The number of hydrogen-bond acceptors (Lipinski definition) is 3. The summed E-state index contributed by atoms with van der Waals surface area (Å²) in [6.07, 6.45) is 0. The molecule has 1 aromatic carbocycles. The van der Waals surface area contributed by atoms with Gasteiger partial charge in [-0.2, -0.15) is 0 Å². The summed E-state index contributed by atoms with van der Waals surface area (Å²) in [7, 11) is 0. The van der Waals surface area contributed by atoms with Crippen molar-refractivity contribution < 1.29 is 14.6 Å². The van der Waals surface area contributed by atoms with E-state index in [1.807, 2.05) is 18.2 Å². The molecule has 1 N–H and O–H groups in total. The van der Waals surface area contributed by atoms with Crippen LogP contribution >= 0.6 is 0 Å². The van der Waals surface area contributed by atoms with E-state index in [0.717, 1.165) is 5.75 Å². The van der Waals surface area contributed by atoms with E-state index in [1.165, 1.54) is 11.6 Å². The number of hydrogen-bond donors (Lipinski definition) is 1. The molecule has 0 saturated heterocycles. The summed E-state index contributed by atoms with van der Waals surface area (Å²) in [4.78, 5) is 14.9. The van der Waals surface area contributed by atoms with Crippen molar-refractivity contribution in [3.05, 3.63) is 59.4 Å². The summed E-state index contributed by atoms with van der Waals surface area (Å²) in [5, 5.41) is 8.89. The lowest BCUT2D eigenvalue weighted by Crippen LogP contribution is -2.05. The maximum atomic E-state index is 10.8. The zero-order valence-corrected chi connectivity index (χ0v) is 11.5. The normalized spacial score (nSPS) is 10.6. The van der Waals surface area contributed by atoms with Gasteiger partial charge in [-0.1, -0.05) is 32.0 Å². The number of carbonyl (C=O) groups is 1. The van der Waals surface area contributed by atoms with Gasteiger partial charge in [0.05, 0.1) is 5.69 Å². The Balaban J connectivity index is 2.07. The van der Waals surface area contributed by atoms with Gasteiger partial charge in [0.15, 0.2) is 0 Å². The van der Waals surface area contributed by atoms with Gasteiger partial charge in [0, 0.05) is 0 Å². The minimum atomic E-state index is -1.03. The molecule has 4 nitrogen and oxygen atoms in total. The minimum absolute atomic E-state index is 0.0297. The number of ether oxygens (including phenoxy) is 1. The highest BCUT2D eigenvalue weighted by molar-refractivity contribution is 5.85. The molecule has 1 aromatic heterocycles. The molecule has 0 atom stereocenters. The lowest BCUT2D eigenvalue weighted by molar-refractivity contribution is 0.0690. The minimum Gasteiger partial charge on any atom is -0.487 e. The molecule has 0 amide bonds. The number of benzene rings is 1. The van der Waals surface area contributed by atoms with E-state index < -0.39 is 5.97 Å². The fourth-order valence-electron chi connectivity index (χ4n) is 1.80. The van der Waals surface area contributed by atoms with Crippen LogP contribution in [0.1, 0.15) is 41.5 Å². The van der Waals surface area contributed by atoms with Gasteiger partial charge in [0.1, 0.15) is 18.1 Å². The van der Waals surface area contributed by atoms with Crippen LogP contribution in [-0.2, 0) is 6.61 Å². The third-order valence-corrected chi connectivity index (χ3v) is 2.94. The van der Waals surface area contributed by atoms with Crippen LogP contribution in [0, 0.1) is 0 Å². The predicted molar refractivity (Wildman–Crippen MR) is 76.1 cm³/mol. The van der Waals surface area contributed by atoms with Gasteiger partial charge in [0.25, 0.3) is 0 Å². The van der Waals surface area contributed by atoms with Gasteiger partial charge in [-0.15, -0.1) is 0 Å². The second-order valence-corrected chi connectivity index (χ2v) is 4.84. The number of nitrogens with zero attached hydrogens (tertiary/aromatic N) is 1. The quantitative estimate of drug-likeness (QED) is 0.904. The SMILES string of the molecule is CC(C)c1cccc(OCc2cccc(C(=O)O)n2)c1. The van der Waals surface area contributed by atoms with Crippen molar-refractivity contribution in [2.75, 3.05) is 0 Å². The van der Waals surface area contributed by atoms with Gasteiger partial charge in [0.2, 0.25) is 0 Å². The molecule has 0 saturated carbocycles. The van der Waals surface area contributed by atoms with E-state index in [-0.39, 0.29) is 12.3 Å². The van der Waals surface area contributed by atoms with Crippen LogP contribution in [0.25, 0.3) is 0 Å². The molecular weight excluding hydrogens is 254 g/mol. The molecule has 104 valence electrons. The van der Waals surface area contributed by atoms with Crippen LogP contribution in [0.15, 0.2) is 42.5 Å². The van der Waals surface area contributed by atoms with Gasteiger partial charge < -0.3 is 9.84 Å². The van der Waals surface area contributed by atoms with Crippen molar-refractivity contribution in [3.63, 3.8) is 0 Å². The number of aromatic nitrogens is 1. The van der Waals surface area contributed by atoms with Crippen molar-refractivity contribution in [2.45, 2.75) is 26.4 Å². The number of rotatable bonds is 5. The molecule has 0 aliphatic heterocycles. The molecule has 0 unspecified atom stereocenters. The first-order valence-corrected chi connectivity index (χ1v) is 6.48. The predicted octanol–water partition coefficient (Wildman–Crippen LogP) is 3.48. The Kier molecular flexibility index (Phi) is 4.35. The van der Waals surface area contributed by atoms with Crippen molar-refractivity contribution >= 4 is 5.97 Å². The van der Waals surface area contributed by atoms with E-state index in [1.54, 1.807) is 12.1 Å². The van der Waals surface area contributed by atoms with Crippen LogP contribution in [0.2, 0.25) is 0 Å². The molecule has 0 spiro atoms. The molecule has 20 heavy (non-hydrogen) atoms. The zero-order chi connectivity index (χ0) is 14.5. The number of pyridine rings is 1. The molecule has 0 bridgehead atoms. The Morgan fingerprint density at radius 2 is 2.00 bits per heavy atom. The van der Waals surface area contributed by atoms with Crippen molar-refractivity contribution in [1.29, 1.82) is 0 Å². The average molecular weight is 271 g/mol. The molecule has 4 heteroatoms. The summed E-state index contributed by atoms with van der Waals surface area (Å²) in [5.74, 6) is 0.166. The first-order chi connectivity index (χ1) is 9.56. The van der Waals surface area contributed by atoms with E-state index in [4.69, 9.17) is 9.84 Å². The van der Waals surface area contributed by atoms with Crippen LogP contribution in [-0.4, -0.2) is 16.1 Å². The van der Waals surface area contributed by atoms with Gasteiger partial charge in [-0.3, -0.25) is 0 Å².